The molecule has 1 amide bonds. The zero-order chi connectivity index (χ0) is 17.5. The summed E-state index contributed by atoms with van der Waals surface area (Å²) in [7, 11) is 1.28. The molecular formula is C18H17ClFNO3. The number of methoxy groups -OCH3 is 1. The van der Waals surface area contributed by atoms with E-state index in [0.29, 0.717) is 16.1 Å². The zero-order valence-electron chi connectivity index (χ0n) is 13.1. The highest BCUT2D eigenvalue weighted by Crippen LogP contribution is 2.20. The maximum Gasteiger partial charge on any atom is 0.307 e. The van der Waals surface area contributed by atoms with E-state index in [2.05, 4.69) is 10.1 Å². The van der Waals surface area contributed by atoms with Crippen LogP contribution in [0.3, 0.4) is 0 Å². The van der Waals surface area contributed by atoms with E-state index in [1.54, 1.807) is 42.5 Å². The van der Waals surface area contributed by atoms with E-state index in [9.17, 15) is 14.0 Å². The summed E-state index contributed by atoms with van der Waals surface area (Å²) in [5, 5.41) is 3.29. The molecule has 4 nitrogen and oxygen atoms in total. The van der Waals surface area contributed by atoms with Crippen LogP contribution in [0, 0.1) is 5.82 Å². The van der Waals surface area contributed by atoms with Gasteiger partial charge in [0.15, 0.2) is 0 Å². The molecular weight excluding hydrogens is 333 g/mol. The Labute approximate surface area is 144 Å². The van der Waals surface area contributed by atoms with Gasteiger partial charge in [0.2, 0.25) is 5.91 Å². The number of carbonyl (C=O) groups excluding carboxylic acids is 2. The first-order valence-corrected chi connectivity index (χ1v) is 7.72. The number of hydrogen-bond donors (Lipinski definition) is 1. The van der Waals surface area contributed by atoms with E-state index >= 15 is 0 Å². The monoisotopic (exact) mass is 349 g/mol. The Hall–Kier alpha value is -2.40. The van der Waals surface area contributed by atoms with Crippen LogP contribution in [-0.4, -0.2) is 19.0 Å². The van der Waals surface area contributed by atoms with E-state index in [0.717, 1.165) is 0 Å². The van der Waals surface area contributed by atoms with Crippen LogP contribution in [0.2, 0.25) is 5.02 Å². The average Bonchev–Trinajstić information content (AvgIpc) is 2.57. The van der Waals surface area contributed by atoms with Crippen molar-refractivity contribution >= 4 is 23.5 Å². The molecule has 126 valence electrons. The number of carbonyl (C=O) groups is 2. The molecule has 0 bridgehead atoms. The molecule has 0 fully saturated rings. The highest BCUT2D eigenvalue weighted by atomic mass is 35.5. The molecule has 1 atom stereocenters. The smallest absolute Gasteiger partial charge is 0.307 e. The van der Waals surface area contributed by atoms with Crippen molar-refractivity contribution in [3.8, 4) is 0 Å². The summed E-state index contributed by atoms with van der Waals surface area (Å²) >= 11 is 5.86. The van der Waals surface area contributed by atoms with Crippen molar-refractivity contribution in [1.82, 2.24) is 5.32 Å². The fourth-order valence-corrected chi connectivity index (χ4v) is 2.38. The van der Waals surface area contributed by atoms with E-state index < -0.39 is 17.8 Å². The normalized spacial score (nSPS) is 11.6. The fourth-order valence-electron chi connectivity index (χ4n) is 2.26. The summed E-state index contributed by atoms with van der Waals surface area (Å²) in [6.07, 6.45) is -0.140. The molecule has 0 spiro atoms. The first-order valence-electron chi connectivity index (χ1n) is 7.34. The molecule has 0 aromatic heterocycles. The van der Waals surface area contributed by atoms with Crippen molar-refractivity contribution in [3.63, 3.8) is 0 Å². The number of amides is 1. The van der Waals surface area contributed by atoms with E-state index in [-0.39, 0.29) is 18.7 Å². The Morgan fingerprint density at radius 2 is 1.83 bits per heavy atom. The molecule has 1 N–H and O–H groups in total. The topological polar surface area (TPSA) is 55.4 Å². The third-order valence-electron chi connectivity index (χ3n) is 3.51. The third-order valence-corrected chi connectivity index (χ3v) is 3.77. The van der Waals surface area contributed by atoms with E-state index in [1.807, 2.05) is 0 Å². The molecule has 0 saturated carbocycles. The molecule has 2 aromatic rings. The van der Waals surface area contributed by atoms with Crippen LogP contribution in [0.25, 0.3) is 0 Å². The Morgan fingerprint density at radius 1 is 1.17 bits per heavy atom. The quantitative estimate of drug-likeness (QED) is 0.813. The average molecular weight is 350 g/mol. The van der Waals surface area contributed by atoms with Crippen LogP contribution in [0.5, 0.6) is 0 Å². The molecule has 0 heterocycles. The highest BCUT2D eigenvalue weighted by Gasteiger charge is 2.19. The van der Waals surface area contributed by atoms with Gasteiger partial charge in [0, 0.05) is 5.02 Å². The van der Waals surface area contributed by atoms with Gasteiger partial charge in [-0.2, -0.15) is 0 Å². The van der Waals surface area contributed by atoms with Gasteiger partial charge >= 0.3 is 5.97 Å². The van der Waals surface area contributed by atoms with Crippen LogP contribution in [0.4, 0.5) is 4.39 Å². The maximum atomic E-state index is 13.7. The van der Waals surface area contributed by atoms with Crippen molar-refractivity contribution in [3.05, 3.63) is 70.5 Å². The molecule has 24 heavy (non-hydrogen) atoms. The van der Waals surface area contributed by atoms with Gasteiger partial charge in [0.05, 0.1) is 26.0 Å². The maximum absolute atomic E-state index is 13.7. The van der Waals surface area contributed by atoms with Crippen molar-refractivity contribution < 1.29 is 18.7 Å². The number of esters is 1. The molecule has 2 aromatic carbocycles. The molecule has 0 aliphatic heterocycles. The minimum Gasteiger partial charge on any atom is -0.469 e. The van der Waals surface area contributed by atoms with E-state index in [1.165, 1.54) is 13.2 Å². The van der Waals surface area contributed by atoms with Gasteiger partial charge in [-0.25, -0.2) is 4.39 Å². The Morgan fingerprint density at radius 3 is 2.46 bits per heavy atom. The number of rotatable bonds is 6. The third kappa shape index (κ3) is 5.06. The number of nitrogens with one attached hydrogen (secondary N) is 1. The summed E-state index contributed by atoms with van der Waals surface area (Å²) in [6, 6.07) is 12.3. The van der Waals surface area contributed by atoms with Crippen LogP contribution in [0.1, 0.15) is 23.6 Å². The van der Waals surface area contributed by atoms with Crippen LogP contribution in [0.15, 0.2) is 48.5 Å². The largest absolute Gasteiger partial charge is 0.469 e. The summed E-state index contributed by atoms with van der Waals surface area (Å²) < 4.78 is 18.3. The van der Waals surface area contributed by atoms with Gasteiger partial charge in [0.25, 0.3) is 0 Å². The number of benzene rings is 2. The SMILES string of the molecule is COC(=O)CC(NC(=O)Cc1ccccc1F)c1ccc(Cl)cc1. The van der Waals surface area contributed by atoms with Crippen molar-refractivity contribution in [2.75, 3.05) is 7.11 Å². The predicted molar refractivity (Wildman–Crippen MR) is 89.1 cm³/mol. The summed E-state index contributed by atoms with van der Waals surface area (Å²) in [5.74, 6) is -1.28. The molecule has 0 aliphatic carbocycles. The van der Waals surface area contributed by atoms with Crippen LogP contribution in [-0.2, 0) is 20.7 Å². The number of halogens is 2. The fraction of sp³-hybridized carbons (Fsp3) is 0.222. The number of ether oxygens (including phenoxy) is 1. The Balaban J connectivity index is 2.12. The lowest BCUT2D eigenvalue weighted by atomic mass is 10.0. The minimum atomic E-state index is -0.575. The zero-order valence-corrected chi connectivity index (χ0v) is 13.8. The van der Waals surface area contributed by atoms with Gasteiger partial charge in [0.1, 0.15) is 5.82 Å². The van der Waals surface area contributed by atoms with Crippen molar-refractivity contribution in [2.24, 2.45) is 0 Å². The predicted octanol–water partition coefficient (Wildman–Crippen LogP) is 3.44. The second-order valence-corrected chi connectivity index (χ2v) is 5.66. The molecule has 2 rings (SSSR count). The lowest BCUT2D eigenvalue weighted by Gasteiger charge is -2.18. The molecule has 1 unspecified atom stereocenters. The summed E-state index contributed by atoms with van der Waals surface area (Å²) in [6.45, 7) is 0. The lowest BCUT2D eigenvalue weighted by Crippen LogP contribution is -2.31. The van der Waals surface area contributed by atoms with Gasteiger partial charge in [-0.1, -0.05) is 41.9 Å². The van der Waals surface area contributed by atoms with Crippen LogP contribution < -0.4 is 5.32 Å². The standard InChI is InChI=1S/C18H17ClFNO3/c1-24-18(23)11-16(12-6-8-14(19)9-7-12)21-17(22)10-13-4-2-3-5-15(13)20/h2-9,16H,10-11H2,1H3,(H,21,22). The van der Waals surface area contributed by atoms with Crippen molar-refractivity contribution in [2.45, 2.75) is 18.9 Å². The molecule has 0 aliphatic rings. The second-order valence-electron chi connectivity index (χ2n) is 5.22. The molecule has 0 radical (unpaired) electrons. The Bertz CT molecular complexity index is 718. The minimum absolute atomic E-state index is 0.0266. The number of hydrogen-bond acceptors (Lipinski definition) is 3. The van der Waals surface area contributed by atoms with Crippen LogP contribution >= 0.6 is 11.6 Å². The first-order chi connectivity index (χ1) is 11.5. The van der Waals surface area contributed by atoms with Gasteiger partial charge < -0.3 is 10.1 Å². The Kier molecular flexibility index (Phi) is 6.32. The lowest BCUT2D eigenvalue weighted by molar-refractivity contribution is -0.141. The summed E-state index contributed by atoms with van der Waals surface area (Å²) in [4.78, 5) is 23.8. The second kappa shape index (κ2) is 8.45. The van der Waals surface area contributed by atoms with Gasteiger partial charge in [-0.15, -0.1) is 0 Å². The summed E-state index contributed by atoms with van der Waals surface area (Å²) in [5.41, 5.74) is 1.01. The molecule has 0 saturated heterocycles. The van der Waals surface area contributed by atoms with Gasteiger partial charge in [-0.05, 0) is 29.3 Å². The first kappa shape index (κ1) is 17.9. The van der Waals surface area contributed by atoms with Gasteiger partial charge in [-0.3, -0.25) is 9.59 Å². The van der Waals surface area contributed by atoms with E-state index in [4.69, 9.17) is 11.6 Å². The molecule has 6 heteroatoms. The highest BCUT2D eigenvalue weighted by molar-refractivity contribution is 6.30. The van der Waals surface area contributed by atoms with Crippen molar-refractivity contribution in [1.29, 1.82) is 0 Å².